The molecule has 0 aromatic heterocycles. The summed E-state index contributed by atoms with van der Waals surface area (Å²) in [7, 11) is -3.99. The zero-order valence-corrected chi connectivity index (χ0v) is 14.5. The van der Waals surface area contributed by atoms with Gasteiger partial charge in [0.1, 0.15) is 5.75 Å². The van der Waals surface area contributed by atoms with Crippen LogP contribution in [0.25, 0.3) is 0 Å². The molecule has 5 heteroatoms. The Balaban J connectivity index is 3.41. The van der Waals surface area contributed by atoms with E-state index in [0.717, 1.165) is 16.7 Å². The molecule has 120 valence electrons. The van der Waals surface area contributed by atoms with Crippen LogP contribution in [0.15, 0.2) is 12.1 Å². The van der Waals surface area contributed by atoms with Crippen LogP contribution in [-0.4, -0.2) is 23.8 Å². The first-order chi connectivity index (χ1) is 9.22. The second kappa shape index (κ2) is 5.61. The first kappa shape index (κ1) is 18.0. The molecule has 0 bridgehead atoms. The van der Waals surface area contributed by atoms with Crippen molar-refractivity contribution < 1.29 is 18.1 Å². The summed E-state index contributed by atoms with van der Waals surface area (Å²) in [6.07, 6.45) is 0.227. The number of phenolic OH excluding ortho intramolecular Hbond substituents is 1. The van der Waals surface area contributed by atoms with E-state index in [2.05, 4.69) is 0 Å². The van der Waals surface area contributed by atoms with E-state index < -0.39 is 10.1 Å². The first-order valence-electron chi connectivity index (χ1n) is 7.04. The molecule has 0 amide bonds. The monoisotopic (exact) mass is 314 g/mol. The smallest absolute Gasteiger partial charge is 0.265 e. The number of aryl methyl sites for hydroxylation is 1. The van der Waals surface area contributed by atoms with Gasteiger partial charge in [0, 0.05) is 0 Å². The molecule has 0 fully saturated rings. The molecule has 0 unspecified atom stereocenters. The number of benzene rings is 1. The molecule has 0 saturated heterocycles. The molecule has 1 aromatic rings. The van der Waals surface area contributed by atoms with Crippen LogP contribution in [0.4, 0.5) is 0 Å². The summed E-state index contributed by atoms with van der Waals surface area (Å²) in [6, 6.07) is 3.66. The van der Waals surface area contributed by atoms with Crippen molar-refractivity contribution in [1.29, 1.82) is 0 Å². The number of aromatic hydroxyl groups is 1. The summed E-state index contributed by atoms with van der Waals surface area (Å²) in [4.78, 5) is 0. The van der Waals surface area contributed by atoms with Gasteiger partial charge in [0.05, 0.1) is 5.75 Å². The van der Waals surface area contributed by atoms with Crippen molar-refractivity contribution in [3.8, 4) is 5.75 Å². The molecular weight excluding hydrogens is 288 g/mol. The molecule has 0 spiro atoms. The number of phenols is 1. The molecule has 4 nitrogen and oxygen atoms in total. The second-order valence-corrected chi connectivity index (χ2v) is 9.15. The van der Waals surface area contributed by atoms with Crippen molar-refractivity contribution in [3.05, 3.63) is 28.8 Å². The van der Waals surface area contributed by atoms with Gasteiger partial charge in [-0.3, -0.25) is 4.55 Å². The van der Waals surface area contributed by atoms with Crippen LogP contribution in [0.5, 0.6) is 5.75 Å². The van der Waals surface area contributed by atoms with E-state index in [0.29, 0.717) is 0 Å². The summed E-state index contributed by atoms with van der Waals surface area (Å²) in [5, 5.41) is 10.5. The predicted octanol–water partition coefficient (Wildman–Crippen LogP) is 3.42. The van der Waals surface area contributed by atoms with Crippen LogP contribution in [0, 0.1) is 0 Å². The lowest BCUT2D eigenvalue weighted by molar-refractivity contribution is 0.422. The van der Waals surface area contributed by atoms with Gasteiger partial charge in [0.25, 0.3) is 10.1 Å². The van der Waals surface area contributed by atoms with Gasteiger partial charge in [-0.2, -0.15) is 8.42 Å². The van der Waals surface area contributed by atoms with Gasteiger partial charge in [-0.25, -0.2) is 0 Å². The molecule has 0 atom stereocenters. The maximum absolute atomic E-state index is 10.9. The fourth-order valence-corrected chi connectivity index (χ4v) is 2.72. The van der Waals surface area contributed by atoms with Gasteiger partial charge in [0.15, 0.2) is 0 Å². The standard InChI is InChI=1S/C16H26O4S/c1-15(2,3)12-9-11(7-8-21(18,19)20)10-13(14(12)17)16(4,5)6/h9-10,17H,7-8H2,1-6H3,(H,18,19,20). The molecule has 21 heavy (non-hydrogen) atoms. The summed E-state index contributed by atoms with van der Waals surface area (Å²) >= 11 is 0. The minimum atomic E-state index is -3.99. The van der Waals surface area contributed by atoms with E-state index in [-0.39, 0.29) is 28.8 Å². The Hall–Kier alpha value is -1.07. The van der Waals surface area contributed by atoms with Crippen LogP contribution in [-0.2, 0) is 27.4 Å². The normalized spacial score (nSPS) is 13.5. The summed E-state index contributed by atoms with van der Waals surface area (Å²) < 4.78 is 30.8. The minimum Gasteiger partial charge on any atom is -0.507 e. The van der Waals surface area contributed by atoms with Gasteiger partial charge in [-0.1, -0.05) is 53.7 Å². The molecule has 0 saturated carbocycles. The average Bonchev–Trinajstić information content (AvgIpc) is 2.23. The quantitative estimate of drug-likeness (QED) is 0.838. The zero-order valence-electron chi connectivity index (χ0n) is 13.7. The highest BCUT2D eigenvalue weighted by Crippen LogP contribution is 2.39. The summed E-state index contributed by atoms with van der Waals surface area (Å²) in [5.41, 5.74) is 1.89. The van der Waals surface area contributed by atoms with Gasteiger partial charge >= 0.3 is 0 Å². The molecule has 2 N–H and O–H groups in total. The maximum atomic E-state index is 10.9. The summed E-state index contributed by atoms with van der Waals surface area (Å²) in [6.45, 7) is 12.0. The van der Waals surface area contributed by atoms with E-state index in [1.165, 1.54) is 0 Å². The minimum absolute atomic E-state index is 0.227. The topological polar surface area (TPSA) is 74.6 Å². The molecule has 0 aliphatic heterocycles. The third-order valence-electron chi connectivity index (χ3n) is 3.43. The van der Waals surface area contributed by atoms with Crippen molar-refractivity contribution in [3.63, 3.8) is 0 Å². The number of hydrogen-bond acceptors (Lipinski definition) is 3. The van der Waals surface area contributed by atoms with E-state index in [4.69, 9.17) is 4.55 Å². The first-order valence-corrected chi connectivity index (χ1v) is 8.65. The van der Waals surface area contributed by atoms with E-state index >= 15 is 0 Å². The largest absolute Gasteiger partial charge is 0.507 e. The van der Waals surface area contributed by atoms with Crippen molar-refractivity contribution in [2.75, 3.05) is 5.75 Å². The highest BCUT2D eigenvalue weighted by atomic mass is 32.2. The number of hydrogen-bond donors (Lipinski definition) is 2. The molecule has 0 radical (unpaired) electrons. The Labute approximate surface area is 128 Å². The second-order valence-electron chi connectivity index (χ2n) is 7.58. The van der Waals surface area contributed by atoms with Gasteiger partial charge in [0.2, 0.25) is 0 Å². The molecular formula is C16H26O4S. The maximum Gasteiger partial charge on any atom is 0.265 e. The van der Waals surface area contributed by atoms with E-state index in [1.807, 2.05) is 53.7 Å². The Morgan fingerprint density at radius 2 is 1.33 bits per heavy atom. The van der Waals surface area contributed by atoms with Gasteiger partial charge in [-0.05, 0) is 33.9 Å². The highest BCUT2D eigenvalue weighted by Gasteiger charge is 2.26. The lowest BCUT2D eigenvalue weighted by atomic mass is 9.78. The van der Waals surface area contributed by atoms with Crippen molar-refractivity contribution in [1.82, 2.24) is 0 Å². The molecule has 0 aliphatic carbocycles. The number of rotatable bonds is 3. The lowest BCUT2D eigenvalue weighted by Crippen LogP contribution is -2.18. The van der Waals surface area contributed by atoms with Crippen LogP contribution in [0.1, 0.15) is 58.2 Å². The third-order valence-corrected chi connectivity index (χ3v) is 4.15. The Bertz CT molecular complexity index is 582. The Morgan fingerprint density at radius 1 is 0.952 bits per heavy atom. The predicted molar refractivity (Wildman–Crippen MR) is 85.6 cm³/mol. The van der Waals surface area contributed by atoms with E-state index in [1.54, 1.807) is 0 Å². The fraction of sp³-hybridized carbons (Fsp3) is 0.625. The van der Waals surface area contributed by atoms with E-state index in [9.17, 15) is 13.5 Å². The van der Waals surface area contributed by atoms with Gasteiger partial charge in [-0.15, -0.1) is 0 Å². The lowest BCUT2D eigenvalue weighted by Gasteiger charge is -2.28. The van der Waals surface area contributed by atoms with Crippen LogP contribution < -0.4 is 0 Å². The Kier molecular flexibility index (Phi) is 4.81. The van der Waals surface area contributed by atoms with Crippen LogP contribution >= 0.6 is 0 Å². The SMILES string of the molecule is CC(C)(C)c1cc(CCS(=O)(=O)O)cc(C(C)(C)C)c1O. The summed E-state index contributed by atoms with van der Waals surface area (Å²) in [5.74, 6) is -0.0455. The third kappa shape index (κ3) is 5.00. The molecule has 1 aromatic carbocycles. The zero-order chi connectivity index (χ0) is 16.6. The highest BCUT2D eigenvalue weighted by molar-refractivity contribution is 7.85. The molecule has 0 aliphatic rings. The molecule has 0 heterocycles. The average molecular weight is 314 g/mol. The fourth-order valence-electron chi connectivity index (χ4n) is 2.23. The Morgan fingerprint density at radius 3 is 1.62 bits per heavy atom. The molecule has 1 rings (SSSR count). The van der Waals surface area contributed by atoms with Crippen LogP contribution in [0.2, 0.25) is 0 Å². The van der Waals surface area contributed by atoms with Gasteiger partial charge < -0.3 is 5.11 Å². The van der Waals surface area contributed by atoms with Crippen LogP contribution in [0.3, 0.4) is 0 Å². The van der Waals surface area contributed by atoms with Crippen molar-refractivity contribution in [2.45, 2.75) is 58.8 Å². The van der Waals surface area contributed by atoms with Crippen molar-refractivity contribution >= 4 is 10.1 Å². The van der Waals surface area contributed by atoms with Crippen molar-refractivity contribution in [2.24, 2.45) is 0 Å².